The summed E-state index contributed by atoms with van der Waals surface area (Å²) >= 11 is 0. The maximum atomic E-state index is 12.6. The summed E-state index contributed by atoms with van der Waals surface area (Å²) in [5, 5.41) is 11.9. The van der Waals surface area contributed by atoms with Gasteiger partial charge in [-0.3, -0.25) is 0 Å². The summed E-state index contributed by atoms with van der Waals surface area (Å²) in [7, 11) is -3.10. The first-order valence-electron chi connectivity index (χ1n) is 12.2. The SMILES string of the molecule is CC1(C)CC2CN(C(=O)NCCO)C[C@H](CN2c2ccc(OCCCS(=O)(=O)CCN)cc2)C1. The van der Waals surface area contributed by atoms with Crippen LogP contribution in [0.3, 0.4) is 0 Å². The van der Waals surface area contributed by atoms with E-state index in [1.165, 1.54) is 0 Å². The van der Waals surface area contributed by atoms with Gasteiger partial charge in [-0.05, 0) is 54.9 Å². The van der Waals surface area contributed by atoms with Gasteiger partial charge in [0.1, 0.15) is 5.75 Å². The molecule has 2 aliphatic heterocycles. The smallest absolute Gasteiger partial charge is 0.317 e. The summed E-state index contributed by atoms with van der Waals surface area (Å²) in [4.78, 5) is 17.0. The van der Waals surface area contributed by atoms with Crippen LogP contribution in [0.25, 0.3) is 0 Å². The van der Waals surface area contributed by atoms with E-state index in [-0.39, 0.29) is 48.7 Å². The molecule has 1 aromatic carbocycles. The number of hydrogen-bond donors (Lipinski definition) is 3. The third-order valence-electron chi connectivity index (χ3n) is 6.58. The fraction of sp³-hybridized carbons (Fsp3) is 0.708. The van der Waals surface area contributed by atoms with Crippen LogP contribution in [0.5, 0.6) is 5.75 Å². The number of sulfone groups is 1. The Morgan fingerprint density at radius 3 is 2.59 bits per heavy atom. The monoisotopic (exact) mass is 496 g/mol. The molecule has 1 unspecified atom stereocenters. The number of nitrogens with zero attached hydrogens (tertiary/aromatic N) is 2. The van der Waals surface area contributed by atoms with Crippen LogP contribution in [0.15, 0.2) is 24.3 Å². The molecule has 10 heteroatoms. The standard InChI is InChI=1S/C24H40N4O5S/c1-24(2)14-19-16-27(23(30)26-9-10-29)18-21(15-24)28(17-19)20-4-6-22(7-5-20)33-11-3-12-34(31,32)13-8-25/h4-7,19,21,29H,3,8-18,25H2,1-2H3,(H,26,30)/t19-,21?/m1/s1. The number of nitrogens with one attached hydrogen (secondary N) is 1. The van der Waals surface area contributed by atoms with E-state index in [1.807, 2.05) is 29.2 Å². The molecule has 192 valence electrons. The van der Waals surface area contributed by atoms with Crippen LogP contribution in [-0.2, 0) is 9.84 Å². The number of carbonyl (C=O) groups excluding carboxylic acids is 1. The maximum Gasteiger partial charge on any atom is 0.317 e. The van der Waals surface area contributed by atoms with Gasteiger partial charge in [0, 0.05) is 44.5 Å². The highest BCUT2D eigenvalue weighted by Crippen LogP contribution is 2.40. The number of rotatable bonds is 10. The van der Waals surface area contributed by atoms with Crippen LogP contribution in [-0.4, -0.2) is 87.9 Å². The second kappa shape index (κ2) is 11.6. The zero-order valence-electron chi connectivity index (χ0n) is 20.4. The second-order valence-corrected chi connectivity index (χ2v) is 12.5. The van der Waals surface area contributed by atoms with E-state index in [0.29, 0.717) is 37.8 Å². The molecule has 2 bridgehead atoms. The number of aliphatic hydroxyl groups is 1. The number of amides is 2. The molecule has 2 atom stereocenters. The van der Waals surface area contributed by atoms with Crippen molar-refractivity contribution in [2.24, 2.45) is 17.1 Å². The Morgan fingerprint density at radius 1 is 1.18 bits per heavy atom. The van der Waals surface area contributed by atoms with Crippen molar-refractivity contribution in [3.05, 3.63) is 24.3 Å². The van der Waals surface area contributed by atoms with Crippen molar-refractivity contribution in [1.29, 1.82) is 0 Å². The molecule has 4 N–H and O–H groups in total. The predicted molar refractivity (Wildman–Crippen MR) is 134 cm³/mol. The van der Waals surface area contributed by atoms with Crippen molar-refractivity contribution in [3.8, 4) is 5.75 Å². The molecule has 0 aromatic heterocycles. The molecule has 3 rings (SSSR count). The lowest BCUT2D eigenvalue weighted by atomic mass is 9.78. The van der Waals surface area contributed by atoms with E-state index in [0.717, 1.165) is 25.1 Å². The van der Waals surface area contributed by atoms with Gasteiger partial charge in [0.15, 0.2) is 9.84 Å². The normalized spacial score (nSPS) is 22.2. The molecule has 2 heterocycles. The van der Waals surface area contributed by atoms with Crippen molar-refractivity contribution < 1.29 is 23.1 Å². The number of benzene rings is 1. The van der Waals surface area contributed by atoms with Gasteiger partial charge in [0.2, 0.25) is 0 Å². The number of fused-ring (bicyclic) bond motifs is 3. The first kappa shape index (κ1) is 26.6. The number of ether oxygens (including phenoxy) is 1. The number of hydrogen-bond acceptors (Lipinski definition) is 7. The largest absolute Gasteiger partial charge is 0.494 e. The molecule has 2 amide bonds. The summed E-state index contributed by atoms with van der Waals surface area (Å²) < 4.78 is 29.3. The molecule has 9 nitrogen and oxygen atoms in total. The number of urea groups is 1. The minimum absolute atomic E-state index is 0.0109. The molecule has 0 spiro atoms. The molecule has 1 aromatic rings. The fourth-order valence-corrected chi connectivity index (χ4v) is 6.39. The third kappa shape index (κ3) is 7.48. The Hall–Kier alpha value is -2.04. The van der Waals surface area contributed by atoms with Gasteiger partial charge < -0.3 is 30.7 Å². The summed E-state index contributed by atoms with van der Waals surface area (Å²) in [6, 6.07) is 8.03. The van der Waals surface area contributed by atoms with Gasteiger partial charge in [-0.2, -0.15) is 0 Å². The van der Waals surface area contributed by atoms with E-state index in [4.69, 9.17) is 15.6 Å². The van der Waals surface area contributed by atoms with E-state index in [9.17, 15) is 13.2 Å². The number of anilines is 1. The van der Waals surface area contributed by atoms with Gasteiger partial charge in [-0.25, -0.2) is 13.2 Å². The van der Waals surface area contributed by atoms with Crippen molar-refractivity contribution in [2.75, 3.05) is 62.3 Å². The average molecular weight is 497 g/mol. The Kier molecular flexibility index (Phi) is 9.06. The number of likely N-dealkylation sites (tertiary alicyclic amines) is 1. The lowest BCUT2D eigenvalue weighted by Gasteiger charge is -2.37. The number of carbonyl (C=O) groups is 1. The minimum atomic E-state index is -3.10. The molecule has 0 radical (unpaired) electrons. The van der Waals surface area contributed by atoms with E-state index >= 15 is 0 Å². The number of nitrogens with two attached hydrogens (primary N) is 1. The molecule has 2 aliphatic rings. The molecule has 2 fully saturated rings. The molecular formula is C24H40N4O5S. The highest BCUT2D eigenvalue weighted by Gasteiger charge is 2.41. The van der Waals surface area contributed by atoms with Crippen LogP contribution < -0.4 is 20.7 Å². The van der Waals surface area contributed by atoms with Gasteiger partial charge >= 0.3 is 6.03 Å². The van der Waals surface area contributed by atoms with Gasteiger partial charge in [-0.1, -0.05) is 13.8 Å². The lowest BCUT2D eigenvalue weighted by Crippen LogP contribution is -2.49. The minimum Gasteiger partial charge on any atom is -0.494 e. The Balaban J connectivity index is 1.64. The lowest BCUT2D eigenvalue weighted by molar-refractivity contribution is 0.153. The first-order valence-corrected chi connectivity index (χ1v) is 14.0. The van der Waals surface area contributed by atoms with E-state index in [2.05, 4.69) is 24.1 Å². The molecular weight excluding hydrogens is 456 g/mol. The molecule has 0 aliphatic carbocycles. The zero-order valence-corrected chi connectivity index (χ0v) is 21.2. The summed E-state index contributed by atoms with van der Waals surface area (Å²) in [6.45, 7) is 7.54. The summed E-state index contributed by atoms with van der Waals surface area (Å²) in [5.41, 5.74) is 6.64. The van der Waals surface area contributed by atoms with Gasteiger partial charge in [-0.15, -0.1) is 0 Å². The summed E-state index contributed by atoms with van der Waals surface area (Å²) in [5.74, 6) is 1.16. The van der Waals surface area contributed by atoms with Crippen molar-refractivity contribution >= 4 is 21.6 Å². The third-order valence-corrected chi connectivity index (χ3v) is 8.34. The molecule has 34 heavy (non-hydrogen) atoms. The van der Waals surface area contributed by atoms with Gasteiger partial charge in [0.05, 0.1) is 24.7 Å². The van der Waals surface area contributed by atoms with Crippen LogP contribution in [0.1, 0.15) is 33.1 Å². The zero-order chi connectivity index (χ0) is 24.8. The van der Waals surface area contributed by atoms with Crippen LogP contribution in [0.2, 0.25) is 0 Å². The van der Waals surface area contributed by atoms with Crippen molar-refractivity contribution in [2.45, 2.75) is 39.2 Å². The predicted octanol–water partition coefficient (Wildman–Crippen LogP) is 1.46. The second-order valence-electron chi connectivity index (χ2n) is 10.2. The molecule has 2 saturated heterocycles. The van der Waals surface area contributed by atoms with Crippen molar-refractivity contribution in [3.63, 3.8) is 0 Å². The fourth-order valence-electron chi connectivity index (χ4n) is 5.27. The number of aliphatic hydroxyl groups excluding tert-OH is 1. The Labute approximate surface area is 203 Å². The summed E-state index contributed by atoms with van der Waals surface area (Å²) in [6.07, 6.45) is 2.48. The average Bonchev–Trinajstić information content (AvgIpc) is 3.01. The topological polar surface area (TPSA) is 125 Å². The molecule has 0 saturated carbocycles. The highest BCUT2D eigenvalue weighted by molar-refractivity contribution is 7.91. The maximum absolute atomic E-state index is 12.6. The van der Waals surface area contributed by atoms with Crippen LogP contribution >= 0.6 is 0 Å². The van der Waals surface area contributed by atoms with Crippen LogP contribution in [0.4, 0.5) is 10.5 Å². The van der Waals surface area contributed by atoms with Gasteiger partial charge in [0.25, 0.3) is 0 Å². The Morgan fingerprint density at radius 2 is 1.91 bits per heavy atom. The van der Waals surface area contributed by atoms with E-state index in [1.54, 1.807) is 0 Å². The van der Waals surface area contributed by atoms with Crippen molar-refractivity contribution in [1.82, 2.24) is 10.2 Å². The highest BCUT2D eigenvalue weighted by atomic mass is 32.2. The van der Waals surface area contributed by atoms with E-state index < -0.39 is 9.84 Å². The Bertz CT molecular complexity index is 906. The van der Waals surface area contributed by atoms with Crippen LogP contribution in [0, 0.1) is 11.3 Å². The quantitative estimate of drug-likeness (QED) is 0.419. The first-order chi connectivity index (χ1) is 16.1.